The zero-order valence-corrected chi connectivity index (χ0v) is 36.1. The summed E-state index contributed by atoms with van der Waals surface area (Å²) in [4.78, 5) is 8.33. The Morgan fingerprint density at radius 2 is 0.960 bits per heavy atom. The maximum Gasteiger partial charge on any atom is 0.488 e. The van der Waals surface area contributed by atoms with E-state index in [4.69, 9.17) is 0 Å². The Morgan fingerprint density at radius 1 is 0.520 bits per heavy atom. The molecular weight excluding hydrogens is 998 g/mol. The van der Waals surface area contributed by atoms with Gasteiger partial charge in [-0.25, -0.2) is 9.97 Å². The highest BCUT2D eigenvalue weighted by Gasteiger charge is 2.37. The van der Waals surface area contributed by atoms with Crippen LogP contribution >= 0.6 is 86.3 Å². The van der Waals surface area contributed by atoms with Gasteiger partial charge in [0.25, 0.3) is 0 Å². The number of aromatic nitrogens is 2. The molecule has 2 N–H and O–H groups in total. The summed E-state index contributed by atoms with van der Waals surface area (Å²) in [6.45, 7) is 8.93. The van der Waals surface area contributed by atoms with E-state index in [1.807, 2.05) is 48.8 Å². The molecule has 0 aliphatic heterocycles. The SMILES string of the molecule is Brc1ccc(I)cn1.CC1(C)c2cc(Br)ccc2-c2ccc(-c3ccc(Br)nc3)cc21.CC1(C)c2cc(Br)ccc2-c2ccc(B(O)O)cc21. The Morgan fingerprint density at radius 3 is 1.42 bits per heavy atom. The fourth-order valence-corrected chi connectivity index (χ4v) is 8.19. The lowest BCUT2D eigenvalue weighted by molar-refractivity contribution is 0.425. The van der Waals surface area contributed by atoms with E-state index >= 15 is 0 Å². The molecule has 50 heavy (non-hydrogen) atoms. The van der Waals surface area contributed by atoms with Crippen LogP contribution in [0.2, 0.25) is 0 Å². The van der Waals surface area contributed by atoms with Crippen molar-refractivity contribution in [2.24, 2.45) is 0 Å². The lowest BCUT2D eigenvalue weighted by Crippen LogP contribution is -2.31. The topological polar surface area (TPSA) is 66.2 Å². The van der Waals surface area contributed by atoms with Crippen LogP contribution < -0.4 is 5.46 Å². The maximum atomic E-state index is 9.33. The largest absolute Gasteiger partial charge is 0.488 e. The fraction of sp³-hybridized carbons (Fsp3) is 0.150. The first-order valence-electron chi connectivity index (χ1n) is 15.8. The minimum absolute atomic E-state index is 0.00719. The summed E-state index contributed by atoms with van der Waals surface area (Å²) in [5, 5.41) is 18.7. The van der Waals surface area contributed by atoms with E-state index in [0.717, 1.165) is 32.8 Å². The molecule has 4 nitrogen and oxygen atoms in total. The van der Waals surface area contributed by atoms with E-state index in [1.54, 1.807) is 6.07 Å². The summed E-state index contributed by atoms with van der Waals surface area (Å²) in [7, 11) is -1.42. The van der Waals surface area contributed by atoms with E-state index < -0.39 is 7.12 Å². The molecule has 0 saturated heterocycles. The molecule has 0 fully saturated rings. The number of hydrogen-bond acceptors (Lipinski definition) is 4. The van der Waals surface area contributed by atoms with Crippen LogP contribution in [0.3, 0.4) is 0 Å². The monoisotopic (exact) mass is 1030 g/mol. The lowest BCUT2D eigenvalue weighted by atomic mass is 9.75. The van der Waals surface area contributed by atoms with Crippen molar-refractivity contribution < 1.29 is 10.0 Å². The third kappa shape index (κ3) is 7.63. The molecule has 0 saturated carbocycles. The summed E-state index contributed by atoms with van der Waals surface area (Å²) in [6, 6.07) is 33.3. The van der Waals surface area contributed by atoms with Crippen molar-refractivity contribution in [1.82, 2.24) is 9.97 Å². The minimum atomic E-state index is -1.42. The smallest absolute Gasteiger partial charge is 0.423 e. The number of halogens is 5. The first-order valence-corrected chi connectivity index (χ1v) is 20.1. The average Bonchev–Trinajstić information content (AvgIpc) is 3.45. The van der Waals surface area contributed by atoms with Crippen LogP contribution in [-0.4, -0.2) is 27.1 Å². The van der Waals surface area contributed by atoms with Gasteiger partial charge in [0.15, 0.2) is 0 Å². The van der Waals surface area contributed by atoms with Crippen molar-refractivity contribution in [1.29, 1.82) is 0 Å². The van der Waals surface area contributed by atoms with Crippen molar-refractivity contribution >= 4 is 98.9 Å². The molecule has 2 aromatic heterocycles. The predicted octanol–water partition coefficient (Wildman–Crippen LogP) is 11.5. The Bertz CT molecular complexity index is 2190. The number of rotatable bonds is 2. The molecular formula is C40H32BBr4IN2O2. The van der Waals surface area contributed by atoms with Crippen LogP contribution in [0.15, 0.2) is 128 Å². The second kappa shape index (κ2) is 15.0. The molecule has 2 heterocycles. The summed E-state index contributed by atoms with van der Waals surface area (Å²) in [5.41, 5.74) is 13.0. The molecule has 0 spiro atoms. The number of fused-ring (bicyclic) bond motifs is 6. The van der Waals surface area contributed by atoms with Gasteiger partial charge in [0, 0.05) is 41.3 Å². The molecule has 2 aliphatic carbocycles. The van der Waals surface area contributed by atoms with Crippen LogP contribution in [0.1, 0.15) is 49.9 Å². The number of nitrogens with zero attached hydrogens (tertiary/aromatic N) is 2. The summed E-state index contributed by atoms with van der Waals surface area (Å²) in [6.07, 6.45) is 3.72. The third-order valence-electron chi connectivity index (χ3n) is 9.35. The van der Waals surface area contributed by atoms with Gasteiger partial charge in [-0.15, -0.1) is 0 Å². The molecule has 8 rings (SSSR count). The van der Waals surface area contributed by atoms with Gasteiger partial charge >= 0.3 is 7.12 Å². The number of benzene rings is 4. The third-order valence-corrected chi connectivity index (χ3v) is 11.9. The lowest BCUT2D eigenvalue weighted by Gasteiger charge is -2.22. The highest BCUT2D eigenvalue weighted by molar-refractivity contribution is 14.1. The first kappa shape index (κ1) is 37.6. The molecule has 0 bridgehead atoms. The van der Waals surface area contributed by atoms with Crippen LogP contribution in [0, 0.1) is 3.57 Å². The molecule has 252 valence electrons. The zero-order chi connectivity index (χ0) is 36.0. The Hall–Kier alpha value is -2.19. The first-order chi connectivity index (χ1) is 23.7. The number of hydrogen-bond donors (Lipinski definition) is 2. The van der Waals surface area contributed by atoms with Crippen molar-refractivity contribution in [2.45, 2.75) is 38.5 Å². The molecule has 6 aromatic rings. The van der Waals surface area contributed by atoms with Gasteiger partial charge in [0.2, 0.25) is 0 Å². The summed E-state index contributed by atoms with van der Waals surface area (Å²) < 4.78 is 5.10. The van der Waals surface area contributed by atoms with Crippen molar-refractivity contribution in [3.63, 3.8) is 0 Å². The van der Waals surface area contributed by atoms with Gasteiger partial charge in [-0.3, -0.25) is 0 Å². The second-order valence-electron chi connectivity index (χ2n) is 13.2. The maximum absolute atomic E-state index is 9.33. The van der Waals surface area contributed by atoms with E-state index in [0.29, 0.717) is 5.46 Å². The Balaban J connectivity index is 0.000000144. The second-order valence-corrected chi connectivity index (χ2v) is 17.9. The van der Waals surface area contributed by atoms with Crippen molar-refractivity contribution in [3.05, 3.63) is 153 Å². The Kier molecular flexibility index (Phi) is 11.3. The molecule has 4 aromatic carbocycles. The van der Waals surface area contributed by atoms with Crippen molar-refractivity contribution in [3.8, 4) is 33.4 Å². The van der Waals surface area contributed by atoms with E-state index in [-0.39, 0.29) is 10.8 Å². The van der Waals surface area contributed by atoms with Gasteiger partial charge in [-0.2, -0.15) is 0 Å². The number of pyridine rings is 2. The normalized spacial score (nSPS) is 13.8. The summed E-state index contributed by atoms with van der Waals surface area (Å²) in [5.74, 6) is 0. The van der Waals surface area contributed by atoms with Crippen LogP contribution in [0.5, 0.6) is 0 Å². The highest BCUT2D eigenvalue weighted by atomic mass is 127. The Labute approximate surface area is 341 Å². The molecule has 0 unspecified atom stereocenters. The van der Waals surface area contributed by atoms with E-state index in [9.17, 15) is 10.0 Å². The molecule has 2 aliphatic rings. The van der Waals surface area contributed by atoms with Crippen LogP contribution in [-0.2, 0) is 10.8 Å². The standard InChI is InChI=1S/C20H15Br2N.C15H14BBrO2.C5H3BrIN/c1-20(2)17-9-12(13-4-8-19(22)23-11-13)3-6-15(17)16-7-5-14(21)10-18(16)20;1-15(2)13-7-9(16(18)19)3-5-11(13)12-6-4-10(17)8-14(12)15;6-5-2-1-4(7)3-8-5/h3-11H,1-2H3;3-8,18-19H,1-2H3;1-3H. The van der Waals surface area contributed by atoms with E-state index in [2.05, 4.69) is 179 Å². The van der Waals surface area contributed by atoms with Gasteiger partial charge in [0.1, 0.15) is 9.21 Å². The van der Waals surface area contributed by atoms with Crippen molar-refractivity contribution in [2.75, 3.05) is 0 Å². The highest BCUT2D eigenvalue weighted by Crippen LogP contribution is 2.51. The van der Waals surface area contributed by atoms with Gasteiger partial charge in [-0.1, -0.05) is 108 Å². The minimum Gasteiger partial charge on any atom is -0.423 e. The van der Waals surface area contributed by atoms with Crippen LogP contribution in [0.25, 0.3) is 33.4 Å². The van der Waals surface area contributed by atoms with E-state index in [1.165, 1.54) is 44.5 Å². The molecule has 0 amide bonds. The zero-order valence-electron chi connectivity index (χ0n) is 27.6. The molecule has 10 heteroatoms. The van der Waals surface area contributed by atoms with Gasteiger partial charge in [-0.05, 0) is 159 Å². The average molecular weight is 1030 g/mol. The quantitative estimate of drug-likeness (QED) is 0.103. The van der Waals surface area contributed by atoms with Gasteiger partial charge in [0.05, 0.1) is 0 Å². The predicted molar refractivity (Wildman–Crippen MR) is 229 cm³/mol. The van der Waals surface area contributed by atoms with Crippen LogP contribution in [0.4, 0.5) is 0 Å². The molecule has 0 radical (unpaired) electrons. The summed E-state index contributed by atoms with van der Waals surface area (Å²) >= 11 is 16.0. The molecule has 0 atom stereocenters. The fourth-order valence-electron chi connectivity index (χ4n) is 6.68. The van der Waals surface area contributed by atoms with Gasteiger partial charge < -0.3 is 10.0 Å².